The van der Waals surface area contributed by atoms with Crippen molar-refractivity contribution < 1.29 is 9.59 Å². The molecule has 0 bridgehead atoms. The third kappa shape index (κ3) is 6.56. The fourth-order valence-electron chi connectivity index (χ4n) is 5.61. The topological polar surface area (TPSA) is 58.2 Å². The third-order valence-electron chi connectivity index (χ3n) is 8.09. The van der Waals surface area contributed by atoms with E-state index in [-0.39, 0.29) is 23.7 Å². The lowest BCUT2D eigenvalue weighted by Gasteiger charge is -2.35. The van der Waals surface area contributed by atoms with E-state index in [0.717, 1.165) is 48.1 Å². The van der Waals surface area contributed by atoms with Crippen molar-refractivity contribution in [3.63, 3.8) is 0 Å². The predicted molar refractivity (Wildman–Crippen MR) is 142 cm³/mol. The van der Waals surface area contributed by atoms with Crippen LogP contribution in [-0.4, -0.2) is 28.0 Å². The molecule has 0 unspecified atom stereocenters. The van der Waals surface area contributed by atoms with Crippen LogP contribution in [0.4, 0.5) is 11.4 Å². The molecular weight excluding hydrogens is 428 g/mol. The number of benzene rings is 1. The van der Waals surface area contributed by atoms with Gasteiger partial charge in [-0.3, -0.25) is 9.59 Å². The van der Waals surface area contributed by atoms with E-state index in [1.807, 2.05) is 24.3 Å². The highest BCUT2D eigenvalue weighted by atomic mass is 28.3. The minimum Gasteiger partial charge on any atom is -0.324 e. The number of para-hydroxylation sites is 2. The van der Waals surface area contributed by atoms with Crippen LogP contribution in [0.3, 0.4) is 0 Å². The maximum absolute atomic E-state index is 13.0. The van der Waals surface area contributed by atoms with Crippen molar-refractivity contribution in [3.05, 3.63) is 24.3 Å². The molecule has 0 spiro atoms. The molecule has 0 aliphatic heterocycles. The number of carbonyl (C=O) groups is 2. The summed E-state index contributed by atoms with van der Waals surface area (Å²) in [6.07, 6.45) is 8.62. The largest absolute Gasteiger partial charge is 0.324 e. The fourth-order valence-corrected chi connectivity index (χ4v) is 9.74. The van der Waals surface area contributed by atoms with Crippen LogP contribution < -0.4 is 10.6 Å². The van der Waals surface area contributed by atoms with E-state index < -0.39 is 16.1 Å². The van der Waals surface area contributed by atoms with Gasteiger partial charge in [-0.1, -0.05) is 77.1 Å². The molecule has 178 valence electrons. The molecule has 4 nitrogen and oxygen atoms in total. The van der Waals surface area contributed by atoms with Gasteiger partial charge in [0.05, 0.1) is 11.4 Å². The number of hydrogen-bond donors (Lipinski definition) is 2. The van der Waals surface area contributed by atoms with E-state index in [9.17, 15) is 9.59 Å². The highest BCUT2D eigenvalue weighted by Crippen LogP contribution is 2.41. The summed E-state index contributed by atoms with van der Waals surface area (Å²) in [4.78, 5) is 26.0. The Morgan fingerprint density at radius 3 is 1.22 bits per heavy atom. The van der Waals surface area contributed by atoms with E-state index in [4.69, 9.17) is 0 Å². The molecule has 0 radical (unpaired) electrons. The zero-order chi connectivity index (χ0) is 23.5. The second-order valence-corrected chi connectivity index (χ2v) is 23.5. The molecule has 32 heavy (non-hydrogen) atoms. The summed E-state index contributed by atoms with van der Waals surface area (Å²) in [5, 5.41) is 6.26. The van der Waals surface area contributed by atoms with E-state index in [0.29, 0.717) is 0 Å². The zero-order valence-corrected chi connectivity index (χ0v) is 23.1. The molecule has 1 aromatic rings. The number of nitrogens with one attached hydrogen (secondary N) is 2. The molecule has 3 rings (SSSR count). The Morgan fingerprint density at radius 1 is 0.625 bits per heavy atom. The van der Waals surface area contributed by atoms with Gasteiger partial charge >= 0.3 is 0 Å². The van der Waals surface area contributed by atoms with Crippen molar-refractivity contribution in [1.82, 2.24) is 0 Å². The van der Waals surface area contributed by atoms with Gasteiger partial charge in [0, 0.05) is 28.0 Å². The van der Waals surface area contributed by atoms with E-state index in [1.54, 1.807) is 0 Å². The molecule has 0 aromatic heterocycles. The highest BCUT2D eigenvalue weighted by Gasteiger charge is 2.35. The average Bonchev–Trinajstić information content (AvgIpc) is 2.74. The maximum Gasteiger partial charge on any atom is 0.227 e. The first-order valence-electron chi connectivity index (χ1n) is 12.7. The molecule has 2 aliphatic rings. The van der Waals surface area contributed by atoms with Crippen molar-refractivity contribution in [2.75, 3.05) is 10.6 Å². The Kier molecular flexibility index (Phi) is 8.08. The molecular formula is C26H44N2O2Si2. The molecule has 2 aliphatic carbocycles. The summed E-state index contributed by atoms with van der Waals surface area (Å²) in [6, 6.07) is 7.66. The van der Waals surface area contributed by atoms with Crippen LogP contribution >= 0.6 is 0 Å². The Morgan fingerprint density at radius 2 is 0.938 bits per heavy atom. The Hall–Kier alpha value is -1.41. The zero-order valence-electron chi connectivity index (χ0n) is 21.1. The molecule has 6 heteroatoms. The van der Waals surface area contributed by atoms with Crippen LogP contribution in [-0.2, 0) is 9.59 Å². The maximum atomic E-state index is 13.0. The van der Waals surface area contributed by atoms with Gasteiger partial charge in [-0.15, -0.1) is 0 Å². The minimum absolute atomic E-state index is 0.0863. The first-order valence-corrected chi connectivity index (χ1v) is 19.8. The molecule has 2 amide bonds. The number of amides is 2. The van der Waals surface area contributed by atoms with Crippen LogP contribution in [0.15, 0.2) is 24.3 Å². The number of rotatable bonds is 6. The molecule has 2 fully saturated rings. The van der Waals surface area contributed by atoms with Crippen molar-refractivity contribution >= 4 is 39.3 Å². The summed E-state index contributed by atoms with van der Waals surface area (Å²) >= 11 is 0. The lowest BCUT2D eigenvalue weighted by Crippen LogP contribution is -2.35. The second kappa shape index (κ2) is 10.2. The van der Waals surface area contributed by atoms with Crippen molar-refractivity contribution in [1.29, 1.82) is 0 Å². The number of anilines is 2. The Labute approximate surface area is 197 Å². The van der Waals surface area contributed by atoms with E-state index in [2.05, 4.69) is 49.9 Å². The standard InChI is InChI=1S/C26H44N2O2Si2/c1-31(2,3)21-15-11-19(12-16-21)25(29)27-23-9-7-8-10-24(23)28-26(30)20-13-17-22(18-14-20)32(4,5)6/h7-10,19-22H,11-18H2,1-6H3,(H,27,29)(H,28,30). The van der Waals surface area contributed by atoms with Crippen LogP contribution in [0.5, 0.6) is 0 Å². The number of hydrogen-bond acceptors (Lipinski definition) is 2. The average molecular weight is 473 g/mol. The monoisotopic (exact) mass is 472 g/mol. The van der Waals surface area contributed by atoms with E-state index >= 15 is 0 Å². The molecule has 0 heterocycles. The normalized spacial score (nSPS) is 26.9. The first-order chi connectivity index (χ1) is 14.9. The van der Waals surface area contributed by atoms with Gasteiger partial charge in [0.2, 0.25) is 11.8 Å². The van der Waals surface area contributed by atoms with Crippen LogP contribution in [0.1, 0.15) is 51.4 Å². The SMILES string of the molecule is C[Si](C)(C)C1CCC(C(=O)Nc2ccccc2NC(=O)C2CCC([Si](C)(C)C)CC2)CC1. The molecule has 2 N–H and O–H groups in total. The van der Waals surface area contributed by atoms with Crippen LogP contribution in [0, 0.1) is 11.8 Å². The quantitative estimate of drug-likeness (QED) is 0.425. The van der Waals surface area contributed by atoms with Crippen molar-refractivity contribution in [3.8, 4) is 0 Å². The molecule has 1 aromatic carbocycles. The second-order valence-electron chi connectivity index (χ2n) is 12.4. The number of carbonyl (C=O) groups excluding carboxylic acids is 2. The summed E-state index contributed by atoms with van der Waals surface area (Å²) in [5.41, 5.74) is 3.12. The van der Waals surface area contributed by atoms with Crippen molar-refractivity contribution in [2.45, 2.75) is 102 Å². The van der Waals surface area contributed by atoms with Gasteiger partial charge in [0.25, 0.3) is 0 Å². The smallest absolute Gasteiger partial charge is 0.227 e. The molecule has 2 saturated carbocycles. The van der Waals surface area contributed by atoms with Gasteiger partial charge in [-0.2, -0.15) is 0 Å². The Balaban J connectivity index is 1.56. The molecule has 0 saturated heterocycles. The summed E-state index contributed by atoms with van der Waals surface area (Å²) in [6.45, 7) is 14.6. The lowest BCUT2D eigenvalue weighted by molar-refractivity contribution is -0.121. The summed E-state index contributed by atoms with van der Waals surface area (Å²) in [7, 11) is -2.26. The first kappa shape index (κ1) is 25.2. The summed E-state index contributed by atoms with van der Waals surface area (Å²) in [5.74, 6) is 0.388. The molecule has 0 atom stereocenters. The lowest BCUT2D eigenvalue weighted by atomic mass is 9.88. The predicted octanol–water partition coefficient (Wildman–Crippen LogP) is 7.36. The fraction of sp³-hybridized carbons (Fsp3) is 0.692. The van der Waals surface area contributed by atoms with Crippen LogP contribution in [0.2, 0.25) is 50.4 Å². The van der Waals surface area contributed by atoms with Crippen LogP contribution in [0.25, 0.3) is 0 Å². The van der Waals surface area contributed by atoms with Gasteiger partial charge in [-0.05, 0) is 48.9 Å². The Bertz CT molecular complexity index is 730. The van der Waals surface area contributed by atoms with Crippen molar-refractivity contribution in [2.24, 2.45) is 11.8 Å². The van der Waals surface area contributed by atoms with Gasteiger partial charge in [0.1, 0.15) is 0 Å². The van der Waals surface area contributed by atoms with E-state index in [1.165, 1.54) is 25.7 Å². The third-order valence-corrected chi connectivity index (χ3v) is 14.1. The van der Waals surface area contributed by atoms with Gasteiger partial charge in [0.15, 0.2) is 0 Å². The summed E-state index contributed by atoms with van der Waals surface area (Å²) < 4.78 is 0. The minimum atomic E-state index is -1.13. The highest BCUT2D eigenvalue weighted by molar-refractivity contribution is 6.77. The van der Waals surface area contributed by atoms with Gasteiger partial charge < -0.3 is 10.6 Å². The van der Waals surface area contributed by atoms with Gasteiger partial charge in [-0.25, -0.2) is 0 Å².